The molecule has 0 fully saturated rings. The molecule has 0 aliphatic carbocycles. The van der Waals surface area contributed by atoms with Gasteiger partial charge in [0, 0.05) is 16.7 Å². The standard InChI is InChI=1S/C16H15BrN2O2/c17-15-8-12(9-18)6-7-16(15)19-10-13(20)11-21-14-4-2-1-3-5-14/h1-8,13,19-20H,10-11H2. The number of nitrogens with one attached hydrogen (secondary N) is 1. The lowest BCUT2D eigenvalue weighted by Gasteiger charge is -2.15. The lowest BCUT2D eigenvalue weighted by atomic mass is 10.2. The molecular formula is C16H15BrN2O2. The van der Waals surface area contributed by atoms with Gasteiger partial charge in [-0.25, -0.2) is 0 Å². The highest BCUT2D eigenvalue weighted by molar-refractivity contribution is 9.10. The van der Waals surface area contributed by atoms with Crippen molar-refractivity contribution in [1.82, 2.24) is 0 Å². The normalized spacial score (nSPS) is 11.5. The van der Waals surface area contributed by atoms with Gasteiger partial charge in [-0.1, -0.05) is 18.2 Å². The second-order valence-corrected chi connectivity index (χ2v) is 5.32. The molecule has 2 aromatic rings. The van der Waals surface area contributed by atoms with Crippen LogP contribution in [0.3, 0.4) is 0 Å². The van der Waals surface area contributed by atoms with Crippen molar-refractivity contribution in [2.24, 2.45) is 0 Å². The number of nitriles is 1. The largest absolute Gasteiger partial charge is 0.491 e. The number of nitrogens with zero attached hydrogens (tertiary/aromatic N) is 1. The second kappa shape index (κ2) is 7.67. The van der Waals surface area contributed by atoms with Gasteiger partial charge in [0.15, 0.2) is 0 Å². The average Bonchev–Trinajstić information content (AvgIpc) is 2.52. The molecular weight excluding hydrogens is 332 g/mol. The van der Waals surface area contributed by atoms with Crippen molar-refractivity contribution in [1.29, 1.82) is 5.26 Å². The minimum atomic E-state index is -0.632. The summed E-state index contributed by atoms with van der Waals surface area (Å²) >= 11 is 3.39. The predicted molar refractivity (Wildman–Crippen MR) is 85.3 cm³/mol. The van der Waals surface area contributed by atoms with E-state index in [1.54, 1.807) is 18.2 Å². The number of benzene rings is 2. The minimum Gasteiger partial charge on any atom is -0.491 e. The third-order valence-corrected chi connectivity index (χ3v) is 3.47. The van der Waals surface area contributed by atoms with E-state index in [9.17, 15) is 5.11 Å². The van der Waals surface area contributed by atoms with Gasteiger partial charge >= 0.3 is 0 Å². The summed E-state index contributed by atoms with van der Waals surface area (Å²) in [6.07, 6.45) is -0.632. The summed E-state index contributed by atoms with van der Waals surface area (Å²) in [5, 5.41) is 21.8. The Morgan fingerprint density at radius 1 is 1.24 bits per heavy atom. The summed E-state index contributed by atoms with van der Waals surface area (Å²) in [6.45, 7) is 0.572. The first-order valence-corrected chi connectivity index (χ1v) is 7.28. The molecule has 0 spiro atoms. The van der Waals surface area contributed by atoms with Crippen molar-refractivity contribution in [2.45, 2.75) is 6.10 Å². The van der Waals surface area contributed by atoms with Crippen LogP contribution in [-0.2, 0) is 0 Å². The quantitative estimate of drug-likeness (QED) is 0.842. The molecule has 108 valence electrons. The van der Waals surface area contributed by atoms with Crippen LogP contribution < -0.4 is 10.1 Å². The molecule has 0 aliphatic heterocycles. The Labute approximate surface area is 132 Å². The fraction of sp³-hybridized carbons (Fsp3) is 0.188. The molecule has 1 atom stereocenters. The first-order valence-electron chi connectivity index (χ1n) is 6.48. The molecule has 0 saturated heterocycles. The number of hydrogen-bond acceptors (Lipinski definition) is 4. The number of aliphatic hydroxyl groups is 1. The molecule has 4 nitrogen and oxygen atoms in total. The zero-order valence-corrected chi connectivity index (χ0v) is 12.9. The van der Waals surface area contributed by atoms with E-state index >= 15 is 0 Å². The number of aliphatic hydroxyl groups excluding tert-OH is 1. The van der Waals surface area contributed by atoms with Crippen LogP contribution in [0.15, 0.2) is 53.0 Å². The van der Waals surface area contributed by atoms with Crippen LogP contribution in [0.4, 0.5) is 5.69 Å². The Kier molecular flexibility index (Phi) is 5.61. The maximum absolute atomic E-state index is 9.91. The van der Waals surface area contributed by atoms with Gasteiger partial charge in [0.1, 0.15) is 18.5 Å². The van der Waals surface area contributed by atoms with Crippen molar-refractivity contribution in [3.63, 3.8) is 0 Å². The summed E-state index contributed by atoms with van der Waals surface area (Å²) in [6, 6.07) is 16.7. The zero-order valence-electron chi connectivity index (χ0n) is 11.3. The summed E-state index contributed by atoms with van der Waals surface area (Å²) < 4.78 is 6.27. The monoisotopic (exact) mass is 346 g/mol. The topological polar surface area (TPSA) is 65.3 Å². The van der Waals surface area contributed by atoms with Crippen molar-refractivity contribution in [3.8, 4) is 11.8 Å². The Hall–Kier alpha value is -2.03. The van der Waals surface area contributed by atoms with E-state index in [0.29, 0.717) is 12.1 Å². The van der Waals surface area contributed by atoms with Gasteiger partial charge in [0.05, 0.1) is 11.6 Å². The molecule has 0 aliphatic rings. The SMILES string of the molecule is N#Cc1ccc(NCC(O)COc2ccccc2)c(Br)c1. The number of hydrogen-bond donors (Lipinski definition) is 2. The molecule has 0 radical (unpaired) electrons. The van der Waals surface area contributed by atoms with E-state index < -0.39 is 6.10 Å². The number of halogens is 1. The highest BCUT2D eigenvalue weighted by Gasteiger charge is 2.07. The third-order valence-electron chi connectivity index (χ3n) is 2.81. The Bertz CT molecular complexity index is 626. The van der Waals surface area contributed by atoms with E-state index in [-0.39, 0.29) is 6.61 Å². The summed E-state index contributed by atoms with van der Waals surface area (Å²) in [5.74, 6) is 0.733. The number of para-hydroxylation sites is 1. The first-order chi connectivity index (χ1) is 10.2. The Morgan fingerprint density at radius 3 is 2.67 bits per heavy atom. The highest BCUT2D eigenvalue weighted by Crippen LogP contribution is 2.23. The molecule has 21 heavy (non-hydrogen) atoms. The molecule has 2 rings (SSSR count). The van der Waals surface area contributed by atoms with Crippen LogP contribution in [0.25, 0.3) is 0 Å². The van der Waals surface area contributed by atoms with Gasteiger partial charge in [0.2, 0.25) is 0 Å². The first kappa shape index (κ1) is 15.4. The number of rotatable bonds is 6. The maximum atomic E-state index is 9.91. The molecule has 5 heteroatoms. The van der Waals surface area contributed by atoms with Crippen LogP contribution in [0.2, 0.25) is 0 Å². The molecule has 0 heterocycles. The molecule has 0 saturated carbocycles. The van der Waals surface area contributed by atoms with Crippen molar-refractivity contribution in [3.05, 3.63) is 58.6 Å². The minimum absolute atomic E-state index is 0.213. The molecule has 2 aromatic carbocycles. The lowest BCUT2D eigenvalue weighted by molar-refractivity contribution is 0.117. The van der Waals surface area contributed by atoms with E-state index in [1.165, 1.54) is 0 Å². The van der Waals surface area contributed by atoms with Crippen LogP contribution in [0.5, 0.6) is 5.75 Å². The van der Waals surface area contributed by atoms with Crippen molar-refractivity contribution < 1.29 is 9.84 Å². The van der Waals surface area contributed by atoms with Gasteiger partial charge in [-0.2, -0.15) is 5.26 Å². The van der Waals surface area contributed by atoms with E-state index in [2.05, 4.69) is 27.3 Å². The number of anilines is 1. The molecule has 1 unspecified atom stereocenters. The van der Waals surface area contributed by atoms with Crippen molar-refractivity contribution >= 4 is 21.6 Å². The zero-order chi connectivity index (χ0) is 15.1. The fourth-order valence-corrected chi connectivity index (χ4v) is 2.24. The second-order valence-electron chi connectivity index (χ2n) is 4.47. The lowest BCUT2D eigenvalue weighted by Crippen LogP contribution is -2.26. The molecule has 0 aromatic heterocycles. The molecule has 0 amide bonds. The van der Waals surface area contributed by atoms with Gasteiger partial charge in [0.25, 0.3) is 0 Å². The van der Waals surface area contributed by atoms with Gasteiger partial charge in [-0.05, 0) is 46.3 Å². The van der Waals surface area contributed by atoms with Crippen LogP contribution in [0, 0.1) is 11.3 Å². The summed E-state index contributed by atoms with van der Waals surface area (Å²) in [4.78, 5) is 0. The maximum Gasteiger partial charge on any atom is 0.119 e. The molecule has 0 bridgehead atoms. The van der Waals surface area contributed by atoms with E-state index in [1.807, 2.05) is 30.3 Å². The Balaban J connectivity index is 1.81. The fourth-order valence-electron chi connectivity index (χ4n) is 1.72. The third kappa shape index (κ3) is 4.78. The van der Waals surface area contributed by atoms with Crippen LogP contribution in [0.1, 0.15) is 5.56 Å². The summed E-state index contributed by atoms with van der Waals surface area (Å²) in [5.41, 5.74) is 1.41. The van der Waals surface area contributed by atoms with Gasteiger partial charge in [-0.3, -0.25) is 0 Å². The highest BCUT2D eigenvalue weighted by atomic mass is 79.9. The molecule has 2 N–H and O–H groups in total. The van der Waals surface area contributed by atoms with Gasteiger partial charge < -0.3 is 15.2 Å². The smallest absolute Gasteiger partial charge is 0.119 e. The van der Waals surface area contributed by atoms with Crippen molar-refractivity contribution in [2.75, 3.05) is 18.5 Å². The predicted octanol–water partition coefficient (Wildman–Crippen LogP) is 3.17. The van der Waals surface area contributed by atoms with Crippen LogP contribution in [-0.4, -0.2) is 24.4 Å². The van der Waals surface area contributed by atoms with E-state index in [0.717, 1.165) is 15.9 Å². The van der Waals surface area contributed by atoms with Gasteiger partial charge in [-0.15, -0.1) is 0 Å². The van der Waals surface area contributed by atoms with Crippen LogP contribution >= 0.6 is 15.9 Å². The average molecular weight is 347 g/mol. The Morgan fingerprint density at radius 2 is 2.00 bits per heavy atom. The summed E-state index contributed by atoms with van der Waals surface area (Å²) in [7, 11) is 0. The van der Waals surface area contributed by atoms with E-state index in [4.69, 9.17) is 10.00 Å². The number of ether oxygens (including phenoxy) is 1.